The van der Waals surface area contributed by atoms with Gasteiger partial charge in [-0.25, -0.2) is 9.69 Å². The van der Waals surface area contributed by atoms with E-state index in [1.165, 1.54) is 12.8 Å². The first-order chi connectivity index (χ1) is 16.7. The molecule has 1 aromatic carbocycles. The summed E-state index contributed by atoms with van der Waals surface area (Å²) in [6, 6.07) is 9.79. The summed E-state index contributed by atoms with van der Waals surface area (Å²) in [6.45, 7) is 8.17. The Balaban J connectivity index is 1.40. The summed E-state index contributed by atoms with van der Waals surface area (Å²) in [5.74, 6) is -0.405. The number of benzene rings is 1. The van der Waals surface area contributed by atoms with Gasteiger partial charge in [0.2, 0.25) is 5.88 Å². The fourth-order valence-corrected chi connectivity index (χ4v) is 5.17. The van der Waals surface area contributed by atoms with Gasteiger partial charge in [0.05, 0.1) is 17.8 Å². The van der Waals surface area contributed by atoms with Crippen LogP contribution in [0.2, 0.25) is 0 Å². The fourth-order valence-electron chi connectivity index (χ4n) is 5.17. The Morgan fingerprint density at radius 3 is 2.46 bits per heavy atom. The first-order valence-corrected chi connectivity index (χ1v) is 12.2. The van der Waals surface area contributed by atoms with Gasteiger partial charge in [-0.15, -0.1) is 0 Å². The molecule has 0 atom stereocenters. The van der Waals surface area contributed by atoms with Gasteiger partial charge in [0, 0.05) is 0 Å². The van der Waals surface area contributed by atoms with E-state index >= 15 is 0 Å². The van der Waals surface area contributed by atoms with E-state index in [1.54, 1.807) is 20.8 Å². The van der Waals surface area contributed by atoms with Gasteiger partial charge in [0.25, 0.3) is 5.91 Å². The SMILES string of the molecule is CC(C)(C)OC(=O)N1Cc2nc(OCC34CCCN3CCC4)nc(OCc3ccccc3)c2C1=O. The van der Waals surface area contributed by atoms with E-state index in [-0.39, 0.29) is 36.1 Å². The van der Waals surface area contributed by atoms with Crippen molar-refractivity contribution in [1.29, 1.82) is 0 Å². The third-order valence-electron chi connectivity index (χ3n) is 6.81. The third kappa shape index (κ3) is 4.82. The van der Waals surface area contributed by atoms with Crippen molar-refractivity contribution in [2.75, 3.05) is 19.7 Å². The number of fused-ring (bicyclic) bond motifs is 2. The van der Waals surface area contributed by atoms with E-state index in [4.69, 9.17) is 14.2 Å². The van der Waals surface area contributed by atoms with Crippen LogP contribution < -0.4 is 9.47 Å². The molecule has 2 aromatic rings. The molecule has 3 aliphatic heterocycles. The van der Waals surface area contributed by atoms with E-state index < -0.39 is 17.6 Å². The van der Waals surface area contributed by atoms with Gasteiger partial charge >= 0.3 is 12.1 Å². The molecule has 2 saturated heterocycles. The molecular formula is C26H32N4O5. The van der Waals surface area contributed by atoms with Crippen molar-refractivity contribution in [3.63, 3.8) is 0 Å². The zero-order chi connectivity index (χ0) is 24.6. The normalized spacial score (nSPS) is 18.9. The highest BCUT2D eigenvalue weighted by atomic mass is 16.6. The largest absolute Gasteiger partial charge is 0.472 e. The summed E-state index contributed by atoms with van der Waals surface area (Å²) < 4.78 is 17.5. The number of hydrogen-bond donors (Lipinski definition) is 0. The fraction of sp³-hybridized carbons (Fsp3) is 0.538. The zero-order valence-corrected chi connectivity index (χ0v) is 20.6. The summed E-state index contributed by atoms with van der Waals surface area (Å²) in [7, 11) is 0. The van der Waals surface area contributed by atoms with Crippen molar-refractivity contribution in [3.05, 3.63) is 47.2 Å². The van der Waals surface area contributed by atoms with E-state index in [1.807, 2.05) is 30.3 Å². The number of amides is 2. The van der Waals surface area contributed by atoms with Crippen molar-refractivity contribution in [2.45, 2.75) is 70.7 Å². The van der Waals surface area contributed by atoms with Gasteiger partial charge in [-0.1, -0.05) is 30.3 Å². The lowest BCUT2D eigenvalue weighted by atomic mass is 9.95. The molecule has 3 aliphatic rings. The van der Waals surface area contributed by atoms with Gasteiger partial charge in [-0.05, 0) is 65.1 Å². The van der Waals surface area contributed by atoms with Gasteiger partial charge in [0.1, 0.15) is 24.4 Å². The summed E-state index contributed by atoms with van der Waals surface area (Å²) in [5.41, 5.74) is 0.822. The van der Waals surface area contributed by atoms with Crippen molar-refractivity contribution in [2.24, 2.45) is 0 Å². The van der Waals surface area contributed by atoms with Crippen LogP contribution in [0.15, 0.2) is 30.3 Å². The first-order valence-electron chi connectivity index (χ1n) is 12.2. The Kier molecular flexibility index (Phi) is 6.13. The Bertz CT molecular complexity index is 1100. The van der Waals surface area contributed by atoms with Crippen LogP contribution in [0.5, 0.6) is 11.9 Å². The molecule has 0 spiro atoms. The van der Waals surface area contributed by atoms with Crippen molar-refractivity contribution in [3.8, 4) is 11.9 Å². The maximum atomic E-state index is 13.2. The molecule has 0 unspecified atom stereocenters. The Morgan fingerprint density at radius 2 is 1.77 bits per heavy atom. The van der Waals surface area contributed by atoms with Crippen LogP contribution in [-0.2, 0) is 17.9 Å². The molecule has 1 aromatic heterocycles. The number of carbonyl (C=O) groups excluding carboxylic acids is 2. The van der Waals surface area contributed by atoms with Crippen molar-refractivity contribution in [1.82, 2.24) is 19.8 Å². The number of aromatic nitrogens is 2. The second-order valence-electron chi connectivity index (χ2n) is 10.5. The highest BCUT2D eigenvalue weighted by molar-refractivity contribution is 6.07. The van der Waals surface area contributed by atoms with E-state index in [0.29, 0.717) is 12.3 Å². The molecule has 9 nitrogen and oxygen atoms in total. The number of nitrogens with zero attached hydrogens (tertiary/aromatic N) is 4. The molecule has 2 amide bonds. The smallest absolute Gasteiger partial charge is 0.417 e. The predicted molar refractivity (Wildman–Crippen MR) is 127 cm³/mol. The van der Waals surface area contributed by atoms with Gasteiger partial charge in [0.15, 0.2) is 0 Å². The zero-order valence-electron chi connectivity index (χ0n) is 20.6. The molecule has 0 aliphatic carbocycles. The minimum Gasteiger partial charge on any atom is -0.472 e. The standard InChI is InChI=1S/C26H32N4O5/c1-25(2,3)35-24(32)30-15-19-20(22(30)31)21(33-16-18-9-5-4-6-10-18)28-23(27-19)34-17-26-11-7-13-29(26)14-8-12-26/h4-6,9-10H,7-8,11-17H2,1-3H3. The average Bonchev–Trinajstić information content (AvgIpc) is 3.48. The molecule has 186 valence electrons. The van der Waals surface area contributed by atoms with E-state index in [0.717, 1.165) is 36.4 Å². The quantitative estimate of drug-likeness (QED) is 0.613. The monoisotopic (exact) mass is 480 g/mol. The van der Waals surface area contributed by atoms with Crippen LogP contribution in [0.3, 0.4) is 0 Å². The highest BCUT2D eigenvalue weighted by Crippen LogP contribution is 2.39. The van der Waals surface area contributed by atoms with Gasteiger partial charge < -0.3 is 14.2 Å². The molecule has 5 rings (SSSR count). The lowest BCUT2D eigenvalue weighted by Crippen LogP contribution is -2.43. The maximum Gasteiger partial charge on any atom is 0.417 e. The van der Waals surface area contributed by atoms with Gasteiger partial charge in [-0.3, -0.25) is 9.69 Å². The van der Waals surface area contributed by atoms with E-state index in [9.17, 15) is 9.59 Å². The second kappa shape index (κ2) is 9.11. The summed E-state index contributed by atoms with van der Waals surface area (Å²) >= 11 is 0. The van der Waals surface area contributed by atoms with Crippen LogP contribution in [0.1, 0.15) is 68.1 Å². The second-order valence-corrected chi connectivity index (χ2v) is 10.5. The summed E-state index contributed by atoms with van der Waals surface area (Å²) in [6.07, 6.45) is 3.81. The molecule has 0 N–H and O–H groups in total. The minimum absolute atomic E-state index is 0.0130. The number of imide groups is 1. The molecule has 0 bridgehead atoms. The molecule has 4 heterocycles. The highest BCUT2D eigenvalue weighted by Gasteiger charge is 2.45. The molecule has 35 heavy (non-hydrogen) atoms. The van der Waals surface area contributed by atoms with Crippen LogP contribution in [0.4, 0.5) is 4.79 Å². The first kappa shape index (κ1) is 23.5. The minimum atomic E-state index is -0.730. The maximum absolute atomic E-state index is 13.2. The average molecular weight is 481 g/mol. The molecule has 2 fully saturated rings. The molecular weight excluding hydrogens is 448 g/mol. The third-order valence-corrected chi connectivity index (χ3v) is 6.81. The van der Waals surface area contributed by atoms with Crippen LogP contribution in [0.25, 0.3) is 0 Å². The molecule has 9 heteroatoms. The van der Waals surface area contributed by atoms with Crippen molar-refractivity contribution < 1.29 is 23.8 Å². The Hall–Kier alpha value is -3.20. The molecule has 0 saturated carbocycles. The van der Waals surface area contributed by atoms with Crippen molar-refractivity contribution >= 4 is 12.0 Å². The number of carbonyl (C=O) groups is 2. The molecule has 0 radical (unpaired) electrons. The predicted octanol–water partition coefficient (Wildman–Crippen LogP) is 3.95. The number of hydrogen-bond acceptors (Lipinski definition) is 8. The van der Waals surface area contributed by atoms with Crippen LogP contribution in [-0.4, -0.2) is 62.6 Å². The van der Waals surface area contributed by atoms with E-state index in [2.05, 4.69) is 14.9 Å². The summed E-state index contributed by atoms with van der Waals surface area (Å²) in [4.78, 5) is 38.4. The van der Waals surface area contributed by atoms with Crippen LogP contribution >= 0.6 is 0 Å². The Morgan fingerprint density at radius 1 is 1.06 bits per heavy atom. The van der Waals surface area contributed by atoms with Gasteiger partial charge in [-0.2, -0.15) is 9.97 Å². The summed E-state index contributed by atoms with van der Waals surface area (Å²) in [5, 5.41) is 0. The topological polar surface area (TPSA) is 94.1 Å². The Labute approximate surface area is 205 Å². The van der Waals surface area contributed by atoms with Crippen LogP contribution in [0, 0.1) is 0 Å². The number of rotatable bonds is 6. The lowest BCUT2D eigenvalue weighted by molar-refractivity contribution is 0.0246. The number of ether oxygens (including phenoxy) is 3. The lowest BCUT2D eigenvalue weighted by Gasteiger charge is -2.31.